The summed E-state index contributed by atoms with van der Waals surface area (Å²) in [6.45, 7) is 3.18. The number of primary amides is 1. The van der Waals surface area contributed by atoms with Crippen molar-refractivity contribution in [2.24, 2.45) is 5.73 Å². The summed E-state index contributed by atoms with van der Waals surface area (Å²) in [5, 5.41) is 2.72. The highest BCUT2D eigenvalue weighted by Crippen LogP contribution is 2.27. The second-order valence-corrected chi connectivity index (χ2v) is 6.63. The Morgan fingerprint density at radius 2 is 2.11 bits per heavy atom. The van der Waals surface area contributed by atoms with Crippen LogP contribution in [0.1, 0.15) is 30.6 Å². The van der Waals surface area contributed by atoms with Crippen LogP contribution in [0.25, 0.3) is 0 Å². The number of pyridine rings is 1. The number of likely N-dealkylation sites (tertiary alicyclic amines) is 1. The van der Waals surface area contributed by atoms with E-state index >= 15 is 0 Å². The smallest absolute Gasteiger partial charge is 0.239 e. The standard InChI is InChI=1S/C20H24N4O3/c1-14(25)23-12-16-11-17(7-9-22-16)27-18-8-10-24(13-18)19(20(21)26)15-5-3-2-4-6-15/h2-7,9,11,18-19H,8,10,12-13H2,1H3,(H2,21,26)(H,23,25). The molecule has 27 heavy (non-hydrogen) atoms. The average molecular weight is 368 g/mol. The summed E-state index contributed by atoms with van der Waals surface area (Å²) >= 11 is 0. The maximum Gasteiger partial charge on any atom is 0.239 e. The fourth-order valence-corrected chi connectivity index (χ4v) is 3.31. The van der Waals surface area contributed by atoms with Crippen molar-refractivity contribution >= 4 is 11.8 Å². The third-order valence-corrected chi connectivity index (χ3v) is 4.54. The van der Waals surface area contributed by atoms with Gasteiger partial charge in [0.15, 0.2) is 0 Å². The largest absolute Gasteiger partial charge is 0.489 e. The van der Waals surface area contributed by atoms with E-state index in [1.54, 1.807) is 12.3 Å². The minimum atomic E-state index is -0.451. The molecule has 2 unspecified atom stereocenters. The Hall–Kier alpha value is -2.93. The van der Waals surface area contributed by atoms with Crippen LogP contribution in [0.15, 0.2) is 48.7 Å². The van der Waals surface area contributed by atoms with Crippen molar-refractivity contribution in [2.75, 3.05) is 13.1 Å². The first kappa shape index (κ1) is 18.8. The molecule has 3 N–H and O–H groups in total. The maximum atomic E-state index is 12.0. The number of nitrogens with one attached hydrogen (secondary N) is 1. The van der Waals surface area contributed by atoms with E-state index in [9.17, 15) is 9.59 Å². The topological polar surface area (TPSA) is 97.5 Å². The first-order valence-corrected chi connectivity index (χ1v) is 8.97. The molecule has 1 fully saturated rings. The van der Waals surface area contributed by atoms with Crippen LogP contribution in [0, 0.1) is 0 Å². The molecule has 7 heteroatoms. The molecule has 3 rings (SSSR count). The minimum Gasteiger partial charge on any atom is -0.489 e. The van der Waals surface area contributed by atoms with E-state index in [2.05, 4.69) is 15.2 Å². The SMILES string of the molecule is CC(=O)NCc1cc(OC2CCN(C(C(N)=O)c3ccccc3)C2)ccn1. The van der Waals surface area contributed by atoms with Gasteiger partial charge in [0, 0.05) is 32.3 Å². The molecule has 142 valence electrons. The van der Waals surface area contributed by atoms with Crippen molar-refractivity contribution in [1.82, 2.24) is 15.2 Å². The summed E-state index contributed by atoms with van der Waals surface area (Å²) in [6.07, 6.45) is 2.43. The molecule has 2 aromatic rings. The van der Waals surface area contributed by atoms with E-state index in [4.69, 9.17) is 10.5 Å². The highest BCUT2D eigenvalue weighted by molar-refractivity contribution is 5.81. The average Bonchev–Trinajstić information content (AvgIpc) is 3.09. The summed E-state index contributed by atoms with van der Waals surface area (Å²) in [5.41, 5.74) is 7.29. The van der Waals surface area contributed by atoms with Gasteiger partial charge in [-0.05, 0) is 18.1 Å². The van der Waals surface area contributed by atoms with Gasteiger partial charge in [0.25, 0.3) is 0 Å². The molecule has 2 atom stereocenters. The lowest BCUT2D eigenvalue weighted by molar-refractivity contribution is -0.123. The second-order valence-electron chi connectivity index (χ2n) is 6.63. The molecule has 1 aromatic heterocycles. The zero-order valence-electron chi connectivity index (χ0n) is 15.3. The Morgan fingerprint density at radius 1 is 1.33 bits per heavy atom. The van der Waals surface area contributed by atoms with Crippen LogP contribution in [0.3, 0.4) is 0 Å². The molecule has 1 aromatic carbocycles. The number of carbonyl (C=O) groups is 2. The number of hydrogen-bond acceptors (Lipinski definition) is 5. The Morgan fingerprint density at radius 3 is 2.81 bits per heavy atom. The summed E-state index contributed by atoms with van der Waals surface area (Å²) in [7, 11) is 0. The highest BCUT2D eigenvalue weighted by atomic mass is 16.5. The fraction of sp³-hybridized carbons (Fsp3) is 0.350. The Balaban J connectivity index is 1.63. The molecule has 0 saturated carbocycles. The third-order valence-electron chi connectivity index (χ3n) is 4.54. The number of hydrogen-bond donors (Lipinski definition) is 2. The van der Waals surface area contributed by atoms with Crippen molar-refractivity contribution in [3.05, 3.63) is 59.9 Å². The normalized spacial score (nSPS) is 18.0. The third kappa shape index (κ3) is 5.04. The van der Waals surface area contributed by atoms with Crippen LogP contribution < -0.4 is 15.8 Å². The first-order chi connectivity index (χ1) is 13.0. The zero-order valence-corrected chi connectivity index (χ0v) is 15.3. The lowest BCUT2D eigenvalue weighted by atomic mass is 10.1. The van der Waals surface area contributed by atoms with E-state index in [1.165, 1.54) is 6.92 Å². The lowest BCUT2D eigenvalue weighted by Crippen LogP contribution is -2.37. The Kier molecular flexibility index (Phi) is 6.03. The van der Waals surface area contributed by atoms with Crippen molar-refractivity contribution < 1.29 is 14.3 Å². The van der Waals surface area contributed by atoms with Crippen molar-refractivity contribution in [2.45, 2.75) is 32.0 Å². The van der Waals surface area contributed by atoms with Crippen molar-refractivity contribution in [3.8, 4) is 5.75 Å². The van der Waals surface area contributed by atoms with E-state index < -0.39 is 6.04 Å². The quantitative estimate of drug-likeness (QED) is 0.770. The lowest BCUT2D eigenvalue weighted by Gasteiger charge is -2.25. The number of benzene rings is 1. The van der Waals surface area contributed by atoms with Crippen molar-refractivity contribution in [1.29, 1.82) is 0 Å². The fourth-order valence-electron chi connectivity index (χ4n) is 3.31. The van der Waals surface area contributed by atoms with Crippen LogP contribution in [-0.2, 0) is 16.1 Å². The number of ether oxygens (including phenoxy) is 1. The van der Waals surface area contributed by atoms with E-state index in [0.717, 1.165) is 24.2 Å². The molecule has 2 amide bonds. The molecule has 0 spiro atoms. The van der Waals surface area contributed by atoms with Gasteiger partial charge in [-0.25, -0.2) is 0 Å². The van der Waals surface area contributed by atoms with E-state index in [1.807, 2.05) is 36.4 Å². The molecule has 0 aliphatic carbocycles. The van der Waals surface area contributed by atoms with Crippen molar-refractivity contribution in [3.63, 3.8) is 0 Å². The number of amides is 2. The van der Waals surface area contributed by atoms with Gasteiger partial charge in [0.05, 0.1) is 12.2 Å². The molecule has 7 nitrogen and oxygen atoms in total. The molecular formula is C20H24N4O3. The highest BCUT2D eigenvalue weighted by Gasteiger charge is 2.33. The summed E-state index contributed by atoms with van der Waals surface area (Å²) in [6, 6.07) is 12.7. The molecule has 1 aliphatic rings. The molecule has 2 heterocycles. The van der Waals surface area contributed by atoms with Gasteiger partial charge in [0.2, 0.25) is 11.8 Å². The van der Waals surface area contributed by atoms with Crippen LogP contribution in [0.5, 0.6) is 5.75 Å². The van der Waals surface area contributed by atoms with Gasteiger partial charge in [-0.15, -0.1) is 0 Å². The Bertz CT molecular complexity index is 797. The summed E-state index contributed by atoms with van der Waals surface area (Å²) in [5.74, 6) is 0.240. The second kappa shape index (κ2) is 8.64. The number of rotatable bonds is 7. The number of aromatic nitrogens is 1. The number of nitrogens with zero attached hydrogens (tertiary/aromatic N) is 2. The molecule has 0 bridgehead atoms. The first-order valence-electron chi connectivity index (χ1n) is 8.97. The molecule has 1 saturated heterocycles. The summed E-state index contributed by atoms with van der Waals surface area (Å²) < 4.78 is 6.07. The van der Waals surface area contributed by atoms with Crippen LogP contribution in [-0.4, -0.2) is 40.9 Å². The molecular weight excluding hydrogens is 344 g/mol. The maximum absolute atomic E-state index is 12.0. The Labute approximate surface area is 158 Å². The summed E-state index contributed by atoms with van der Waals surface area (Å²) in [4.78, 5) is 29.3. The van der Waals surface area contributed by atoms with Crippen LogP contribution in [0.2, 0.25) is 0 Å². The van der Waals surface area contributed by atoms with Crippen LogP contribution >= 0.6 is 0 Å². The number of nitrogens with two attached hydrogens (primary N) is 1. The molecule has 1 aliphatic heterocycles. The zero-order chi connectivity index (χ0) is 19.2. The molecule has 0 radical (unpaired) electrons. The van der Waals surface area contributed by atoms with E-state index in [-0.39, 0.29) is 17.9 Å². The number of carbonyl (C=O) groups excluding carboxylic acids is 2. The van der Waals surface area contributed by atoms with Gasteiger partial charge in [-0.2, -0.15) is 0 Å². The monoisotopic (exact) mass is 368 g/mol. The predicted molar refractivity (Wildman–Crippen MR) is 101 cm³/mol. The van der Waals surface area contributed by atoms with Gasteiger partial charge in [-0.1, -0.05) is 30.3 Å². The van der Waals surface area contributed by atoms with Gasteiger partial charge < -0.3 is 15.8 Å². The van der Waals surface area contributed by atoms with E-state index in [0.29, 0.717) is 18.8 Å². The van der Waals surface area contributed by atoms with Gasteiger partial charge in [-0.3, -0.25) is 19.5 Å². The minimum absolute atomic E-state index is 0.0356. The van der Waals surface area contributed by atoms with Gasteiger partial charge >= 0.3 is 0 Å². The predicted octanol–water partition coefficient (Wildman–Crippen LogP) is 1.40. The van der Waals surface area contributed by atoms with Crippen LogP contribution in [0.4, 0.5) is 0 Å². The van der Waals surface area contributed by atoms with Gasteiger partial charge in [0.1, 0.15) is 17.9 Å².